The largest absolute Gasteiger partial charge is 0.381 e. The highest BCUT2D eigenvalue weighted by molar-refractivity contribution is 5.90. The zero-order valence-corrected chi connectivity index (χ0v) is 56.3. The van der Waals surface area contributed by atoms with Crippen molar-refractivity contribution in [1.29, 1.82) is 0 Å². The molecule has 83 heavy (non-hydrogen) atoms. The van der Waals surface area contributed by atoms with Crippen LogP contribution in [-0.2, 0) is 43.0 Å². The van der Waals surface area contributed by atoms with Crippen LogP contribution in [0.2, 0.25) is 0 Å². The topological polar surface area (TPSA) is 184 Å². The number of benzene rings is 1. The molecule has 0 radical (unpaired) electrons. The predicted octanol–water partition coefficient (Wildman–Crippen LogP) is 12.5. The molecular weight excluding hydrogens is 1040 g/mol. The van der Waals surface area contributed by atoms with Gasteiger partial charge in [-0.2, -0.15) is 0 Å². The van der Waals surface area contributed by atoms with E-state index in [1.807, 2.05) is 65.3 Å². The number of likely N-dealkylation sites (N-methyl/N-ethyl adjacent to an activating group) is 1. The van der Waals surface area contributed by atoms with Crippen molar-refractivity contribution in [3.63, 3.8) is 0 Å². The minimum Gasteiger partial charge on any atom is -0.381 e. The normalized spacial score (nSPS) is 22.5. The van der Waals surface area contributed by atoms with Gasteiger partial charge in [0.05, 0.1) is 36.8 Å². The first kappa shape index (κ1) is 76.8. The Kier molecular flexibility index (Phi) is 35.9. The van der Waals surface area contributed by atoms with Crippen LogP contribution in [0.5, 0.6) is 0 Å². The van der Waals surface area contributed by atoms with Crippen molar-refractivity contribution < 1.29 is 43.0 Å². The van der Waals surface area contributed by atoms with E-state index in [1.54, 1.807) is 21.1 Å². The summed E-state index contributed by atoms with van der Waals surface area (Å²) in [6, 6.07) is 9.85. The van der Waals surface area contributed by atoms with Gasteiger partial charge >= 0.3 is 0 Å². The first-order chi connectivity index (χ1) is 39.2. The number of amides is 5. The molecule has 478 valence electrons. The second-order valence-electron chi connectivity index (χ2n) is 25.6. The zero-order valence-electron chi connectivity index (χ0n) is 56.3. The van der Waals surface area contributed by atoms with E-state index in [1.165, 1.54) is 31.7 Å². The fraction of sp³-hybridized carbons (Fsp3) is 0.809. The van der Waals surface area contributed by atoms with E-state index in [0.717, 1.165) is 70.4 Å². The number of hydrogen-bond acceptors (Lipinski definition) is 10. The van der Waals surface area contributed by atoms with Gasteiger partial charge in [-0.1, -0.05) is 173 Å². The average molecular weight is 1170 g/mol. The molecule has 2 saturated carbocycles. The monoisotopic (exact) mass is 1170 g/mol. The number of unbranched alkanes of at least 4 members (excludes halogenated alkanes) is 3. The van der Waals surface area contributed by atoms with Gasteiger partial charge in [-0.3, -0.25) is 49.3 Å². The second-order valence-corrected chi connectivity index (χ2v) is 25.6. The average Bonchev–Trinajstić information content (AvgIpc) is 2.78. The lowest BCUT2D eigenvalue weighted by molar-refractivity contribution is -0.141. The molecule has 3 aliphatic heterocycles. The molecule has 2 bridgehead atoms. The summed E-state index contributed by atoms with van der Waals surface area (Å²) >= 11 is 0. The maximum atomic E-state index is 13.0. The summed E-state index contributed by atoms with van der Waals surface area (Å²) in [7, 11) is 5.16. The summed E-state index contributed by atoms with van der Waals surface area (Å²) in [5, 5.41) is 2.89. The van der Waals surface area contributed by atoms with Gasteiger partial charge in [0.1, 0.15) is 5.78 Å². The van der Waals surface area contributed by atoms with Crippen LogP contribution >= 0.6 is 0 Å². The van der Waals surface area contributed by atoms with Gasteiger partial charge in [-0.05, 0) is 125 Å². The van der Waals surface area contributed by atoms with Crippen LogP contribution in [0.4, 0.5) is 0 Å². The van der Waals surface area contributed by atoms with E-state index in [0.29, 0.717) is 61.3 Å². The molecule has 4 unspecified atom stereocenters. The van der Waals surface area contributed by atoms with Crippen molar-refractivity contribution in [2.24, 2.45) is 46.8 Å². The number of carbonyl (C=O) groups is 7. The first-order valence-electron chi connectivity index (χ1n) is 32.5. The summed E-state index contributed by atoms with van der Waals surface area (Å²) < 4.78 is 11.3. The molecule has 5 fully saturated rings. The van der Waals surface area contributed by atoms with Gasteiger partial charge in [-0.15, -0.1) is 0 Å². The molecular formula is C68H122N6O9. The zero-order chi connectivity index (χ0) is 63.4. The quantitative estimate of drug-likeness (QED) is 0.0495. The highest BCUT2D eigenvalue weighted by atomic mass is 16.5. The minimum absolute atomic E-state index is 0.00142. The van der Waals surface area contributed by atoms with Gasteiger partial charge in [0.2, 0.25) is 29.5 Å². The number of carbonyl (C=O) groups excluding carboxylic acids is 7. The molecule has 0 aromatic heterocycles. The molecule has 6 rings (SSSR count). The number of ether oxygens (including phenoxy) is 2. The number of rotatable bonds is 30. The number of nitrogens with one attached hydrogen (secondary N) is 3. The fourth-order valence-corrected chi connectivity index (χ4v) is 12.7. The van der Waals surface area contributed by atoms with E-state index >= 15 is 0 Å². The Morgan fingerprint density at radius 3 is 1.81 bits per heavy atom. The Morgan fingerprint density at radius 2 is 1.35 bits per heavy atom. The van der Waals surface area contributed by atoms with Crippen LogP contribution < -0.4 is 16.2 Å². The van der Waals surface area contributed by atoms with Crippen molar-refractivity contribution in [2.75, 3.05) is 40.9 Å². The molecule has 5 amide bonds. The standard InChI is InChI=1S/C31H55N5O5.C20H37NO4.C11H14.C4H10.C2H6/c1-9-24-23-19-31(24,10-2)36(30(23)41)18-13-11-12-15-25(38)33-34-26(39)16-14-17-35(8)28(21(5)6)29(40)32-27(20(3)4)22(7)37;1-8-13(2)14(3)18(24-6)12-19(23)21-11-9-10-17(21)20(25-7)15(4)16(5)22;1-11(2)8-10(11)9-6-4-3-5-7-9;1-3-4-2;1-2/h20-21,23-24,27-28H,9-19H2,1-8H3,(H,32,40)(H,33,38)(H,34,39);13-15,17-18,20H,8-12H2,1-7H3;3-7,10H,8H2,1-2H3;3-4H2,1-2H3;1-2H3/t23?,24?,27-,28?,31?;13-,14-,15-,17-,18+,20+;10-;;/m001../s1. The summed E-state index contributed by atoms with van der Waals surface area (Å²) in [6.45, 7) is 38.6. The van der Waals surface area contributed by atoms with Crippen LogP contribution in [0.15, 0.2) is 30.3 Å². The van der Waals surface area contributed by atoms with Crippen molar-refractivity contribution in [3.8, 4) is 0 Å². The minimum atomic E-state index is -0.520. The fourth-order valence-electron chi connectivity index (χ4n) is 12.7. The molecule has 3 heterocycles. The van der Waals surface area contributed by atoms with E-state index in [9.17, 15) is 33.6 Å². The number of methoxy groups -OCH3 is 2. The SMILES string of the molecule is CC.CC1(C)C[C@@H]1c1ccccc1.CCC1C2CC1(CC)N(CCCCCC(=O)NNC(=O)CCCN(C)C(C(=O)N[C@H](C(C)=O)C(C)C)C(C)C)C2=O.CCCC.CC[C@H](C)[C@H](C)[C@@H](CC(=O)N1CCC[C@H]1[C@H](OC)[C@@H](C)C(C)=O)OC. The third-order valence-corrected chi connectivity index (χ3v) is 18.7. The maximum Gasteiger partial charge on any atom is 0.238 e. The molecule has 3 N–H and O–H groups in total. The van der Waals surface area contributed by atoms with Crippen molar-refractivity contribution in [2.45, 2.75) is 269 Å². The van der Waals surface area contributed by atoms with E-state index in [2.05, 4.69) is 114 Å². The van der Waals surface area contributed by atoms with Crippen molar-refractivity contribution in [3.05, 3.63) is 35.9 Å². The molecule has 1 aromatic carbocycles. The highest BCUT2D eigenvalue weighted by Crippen LogP contribution is 2.59. The molecule has 5 aliphatic rings. The van der Waals surface area contributed by atoms with Crippen LogP contribution in [0.3, 0.4) is 0 Å². The van der Waals surface area contributed by atoms with Crippen LogP contribution in [0, 0.1) is 46.8 Å². The first-order valence-corrected chi connectivity index (χ1v) is 32.5. The lowest BCUT2D eigenvalue weighted by Crippen LogP contribution is -2.54. The maximum absolute atomic E-state index is 13.0. The van der Waals surface area contributed by atoms with Crippen LogP contribution in [0.1, 0.15) is 239 Å². The highest BCUT2D eigenvalue weighted by Gasteiger charge is 2.66. The third kappa shape index (κ3) is 23.2. The van der Waals surface area contributed by atoms with Gasteiger partial charge in [-0.25, -0.2) is 0 Å². The molecule has 2 aliphatic carbocycles. The van der Waals surface area contributed by atoms with Crippen molar-refractivity contribution >= 4 is 41.1 Å². The smallest absolute Gasteiger partial charge is 0.238 e. The summed E-state index contributed by atoms with van der Waals surface area (Å²) in [5.74, 6) is 1.97. The van der Waals surface area contributed by atoms with Crippen molar-refractivity contribution in [1.82, 2.24) is 30.9 Å². The Bertz CT molecular complexity index is 2080. The summed E-state index contributed by atoms with van der Waals surface area (Å²) in [5.41, 5.74) is 7.13. The van der Waals surface area contributed by atoms with E-state index in [-0.39, 0.29) is 89.1 Å². The summed E-state index contributed by atoms with van der Waals surface area (Å²) in [6.07, 6.45) is 13.6. The van der Waals surface area contributed by atoms with Gasteiger partial charge in [0, 0.05) is 57.5 Å². The molecule has 12 atom stereocenters. The lowest BCUT2D eigenvalue weighted by atomic mass is 9.60. The number of likely N-dealkylation sites (tertiary alicyclic amines) is 1. The van der Waals surface area contributed by atoms with Gasteiger partial charge in [0.15, 0.2) is 5.78 Å². The summed E-state index contributed by atoms with van der Waals surface area (Å²) in [4.78, 5) is 92.7. The lowest BCUT2D eigenvalue weighted by Gasteiger charge is -2.48. The molecule has 15 heteroatoms. The molecule has 15 nitrogen and oxygen atoms in total. The number of ketones is 2. The Morgan fingerprint density at radius 1 is 0.771 bits per heavy atom. The predicted molar refractivity (Wildman–Crippen MR) is 338 cm³/mol. The molecule has 1 aromatic rings. The molecule has 0 spiro atoms. The Hall–Kier alpha value is -4.21. The van der Waals surface area contributed by atoms with Crippen LogP contribution in [0.25, 0.3) is 0 Å². The Balaban J connectivity index is 0.000000684. The number of Topliss-reactive ketones (excluding diaryl/α,β-unsaturated/α-hetero) is 2. The van der Waals surface area contributed by atoms with Gasteiger partial charge < -0.3 is 24.6 Å². The van der Waals surface area contributed by atoms with E-state index in [4.69, 9.17) is 9.47 Å². The number of nitrogens with zero attached hydrogens (tertiary/aromatic N) is 3. The molecule has 3 saturated heterocycles. The second kappa shape index (κ2) is 38.8. The number of hydrogen-bond donors (Lipinski definition) is 3. The Labute approximate surface area is 505 Å². The van der Waals surface area contributed by atoms with Gasteiger partial charge in [0.25, 0.3) is 0 Å². The number of hydrazine groups is 1. The third-order valence-electron chi connectivity index (χ3n) is 18.7. The number of fused-ring (bicyclic) bond motifs is 1. The van der Waals surface area contributed by atoms with E-state index < -0.39 is 12.1 Å². The van der Waals surface area contributed by atoms with Crippen LogP contribution in [-0.4, -0.2) is 133 Å².